The Hall–Kier alpha value is -1.61. The van der Waals surface area contributed by atoms with Crippen molar-refractivity contribution in [3.05, 3.63) is 48.0 Å². The summed E-state index contributed by atoms with van der Waals surface area (Å²) in [5.74, 6) is -0.166. The fourth-order valence-corrected chi connectivity index (χ4v) is 1.35. The molecule has 0 radical (unpaired) electrons. The summed E-state index contributed by atoms with van der Waals surface area (Å²) in [6, 6.07) is 7.84. The minimum atomic E-state index is -0.166. The van der Waals surface area contributed by atoms with Crippen molar-refractivity contribution in [3.63, 3.8) is 0 Å². The average Bonchev–Trinajstić information content (AvgIpc) is 2.28. The highest BCUT2D eigenvalue weighted by molar-refractivity contribution is 5.87. The number of hydrogen-bond donors (Lipinski definition) is 2. The third-order valence-electron chi connectivity index (χ3n) is 2.23. The summed E-state index contributed by atoms with van der Waals surface area (Å²) >= 11 is 0. The van der Waals surface area contributed by atoms with Gasteiger partial charge >= 0.3 is 0 Å². The van der Waals surface area contributed by atoms with Crippen molar-refractivity contribution < 1.29 is 4.79 Å². The summed E-state index contributed by atoms with van der Waals surface area (Å²) in [5.41, 5.74) is 7.65. The zero-order valence-corrected chi connectivity index (χ0v) is 8.86. The second kappa shape index (κ2) is 5.32. The van der Waals surface area contributed by atoms with Crippen molar-refractivity contribution in [1.29, 1.82) is 0 Å². The van der Waals surface area contributed by atoms with E-state index in [2.05, 4.69) is 11.9 Å². The van der Waals surface area contributed by atoms with Crippen molar-refractivity contribution in [2.45, 2.75) is 19.5 Å². The van der Waals surface area contributed by atoms with E-state index in [1.165, 1.54) is 6.08 Å². The van der Waals surface area contributed by atoms with Crippen LogP contribution in [0.25, 0.3) is 0 Å². The summed E-state index contributed by atoms with van der Waals surface area (Å²) in [5, 5.41) is 2.80. The molecule has 0 aliphatic carbocycles. The molecule has 0 saturated heterocycles. The van der Waals surface area contributed by atoms with Crippen molar-refractivity contribution in [3.8, 4) is 0 Å². The fourth-order valence-electron chi connectivity index (χ4n) is 1.35. The van der Waals surface area contributed by atoms with Gasteiger partial charge in [0.15, 0.2) is 0 Å². The van der Waals surface area contributed by atoms with Crippen LogP contribution in [0.5, 0.6) is 0 Å². The summed E-state index contributed by atoms with van der Waals surface area (Å²) in [4.78, 5) is 11.1. The van der Waals surface area contributed by atoms with Gasteiger partial charge in [0, 0.05) is 6.54 Å². The topological polar surface area (TPSA) is 55.1 Å². The standard InChI is InChI=1S/C12H16N2O/c1-3-12(15)14-9(2)11-6-4-5-10(7-11)8-13/h3-7,9H,1,8,13H2,2H3,(H,14,15). The molecule has 0 fully saturated rings. The highest BCUT2D eigenvalue weighted by atomic mass is 16.1. The molecule has 1 aromatic carbocycles. The molecule has 1 rings (SSSR count). The van der Waals surface area contributed by atoms with Gasteiger partial charge in [-0.2, -0.15) is 0 Å². The molecule has 0 heterocycles. The first-order valence-corrected chi connectivity index (χ1v) is 4.89. The van der Waals surface area contributed by atoms with Gasteiger partial charge in [0.1, 0.15) is 0 Å². The third-order valence-corrected chi connectivity index (χ3v) is 2.23. The number of nitrogens with one attached hydrogen (secondary N) is 1. The molecular formula is C12H16N2O. The molecule has 1 aromatic rings. The van der Waals surface area contributed by atoms with E-state index in [0.717, 1.165) is 11.1 Å². The smallest absolute Gasteiger partial charge is 0.243 e. The molecule has 3 nitrogen and oxygen atoms in total. The SMILES string of the molecule is C=CC(=O)NC(C)c1cccc(CN)c1. The summed E-state index contributed by atoms with van der Waals surface area (Å²) < 4.78 is 0. The van der Waals surface area contributed by atoms with Crippen LogP contribution in [-0.4, -0.2) is 5.91 Å². The number of benzene rings is 1. The summed E-state index contributed by atoms with van der Waals surface area (Å²) in [6.07, 6.45) is 1.27. The number of carbonyl (C=O) groups is 1. The monoisotopic (exact) mass is 204 g/mol. The zero-order valence-electron chi connectivity index (χ0n) is 8.86. The lowest BCUT2D eigenvalue weighted by molar-refractivity contribution is -0.117. The van der Waals surface area contributed by atoms with E-state index in [9.17, 15) is 4.79 Å². The van der Waals surface area contributed by atoms with E-state index in [4.69, 9.17) is 5.73 Å². The second-order valence-electron chi connectivity index (χ2n) is 3.38. The third kappa shape index (κ3) is 3.22. The lowest BCUT2D eigenvalue weighted by Gasteiger charge is -2.13. The Kier molecular flexibility index (Phi) is 4.06. The molecule has 0 saturated carbocycles. The molecule has 0 aliphatic rings. The van der Waals surface area contributed by atoms with Gasteiger partial charge in [0.25, 0.3) is 0 Å². The number of rotatable bonds is 4. The fraction of sp³-hybridized carbons (Fsp3) is 0.250. The van der Waals surface area contributed by atoms with Gasteiger partial charge in [-0.1, -0.05) is 30.8 Å². The number of hydrogen-bond acceptors (Lipinski definition) is 2. The quantitative estimate of drug-likeness (QED) is 0.730. The Balaban J connectivity index is 2.76. The highest BCUT2D eigenvalue weighted by Gasteiger charge is 2.06. The van der Waals surface area contributed by atoms with E-state index in [0.29, 0.717) is 6.54 Å². The largest absolute Gasteiger partial charge is 0.346 e. The maximum Gasteiger partial charge on any atom is 0.243 e. The van der Waals surface area contributed by atoms with Gasteiger partial charge in [0.2, 0.25) is 5.91 Å². The molecule has 3 N–H and O–H groups in total. The van der Waals surface area contributed by atoms with Crippen LogP contribution in [0.1, 0.15) is 24.1 Å². The van der Waals surface area contributed by atoms with Crippen molar-refractivity contribution in [2.24, 2.45) is 5.73 Å². The summed E-state index contributed by atoms with van der Waals surface area (Å²) in [6.45, 7) is 5.85. The normalized spacial score (nSPS) is 11.9. The predicted molar refractivity (Wildman–Crippen MR) is 61.1 cm³/mol. The lowest BCUT2D eigenvalue weighted by Crippen LogP contribution is -2.24. The second-order valence-corrected chi connectivity index (χ2v) is 3.38. The van der Waals surface area contributed by atoms with Crippen LogP contribution in [0, 0.1) is 0 Å². The average molecular weight is 204 g/mol. The van der Waals surface area contributed by atoms with Crippen molar-refractivity contribution >= 4 is 5.91 Å². The maximum absolute atomic E-state index is 11.1. The zero-order chi connectivity index (χ0) is 11.3. The molecule has 80 valence electrons. The van der Waals surface area contributed by atoms with Gasteiger partial charge in [-0.05, 0) is 24.1 Å². The predicted octanol–water partition coefficient (Wildman–Crippen LogP) is 1.51. The first kappa shape index (κ1) is 11.5. The Morgan fingerprint density at radius 2 is 2.40 bits per heavy atom. The number of amides is 1. The molecule has 1 atom stereocenters. The minimum absolute atomic E-state index is 0.0259. The van der Waals surface area contributed by atoms with Gasteiger partial charge in [-0.3, -0.25) is 4.79 Å². The Bertz CT molecular complexity index is 360. The van der Waals surface area contributed by atoms with Gasteiger partial charge in [-0.25, -0.2) is 0 Å². The van der Waals surface area contributed by atoms with Gasteiger partial charge < -0.3 is 11.1 Å². The van der Waals surface area contributed by atoms with Crippen LogP contribution in [-0.2, 0) is 11.3 Å². The molecule has 1 amide bonds. The van der Waals surface area contributed by atoms with Gasteiger partial charge in [0.05, 0.1) is 6.04 Å². The van der Waals surface area contributed by atoms with Crippen LogP contribution in [0.2, 0.25) is 0 Å². The summed E-state index contributed by atoms with van der Waals surface area (Å²) in [7, 11) is 0. The van der Waals surface area contributed by atoms with Crippen molar-refractivity contribution in [1.82, 2.24) is 5.32 Å². The number of carbonyl (C=O) groups excluding carboxylic acids is 1. The first-order valence-electron chi connectivity index (χ1n) is 4.89. The van der Waals surface area contributed by atoms with Crippen LogP contribution < -0.4 is 11.1 Å². The maximum atomic E-state index is 11.1. The van der Waals surface area contributed by atoms with E-state index in [1.807, 2.05) is 31.2 Å². The highest BCUT2D eigenvalue weighted by Crippen LogP contribution is 2.13. The molecule has 3 heteroatoms. The van der Waals surface area contributed by atoms with E-state index >= 15 is 0 Å². The lowest BCUT2D eigenvalue weighted by atomic mass is 10.1. The van der Waals surface area contributed by atoms with Crippen LogP contribution in [0.4, 0.5) is 0 Å². The Morgan fingerprint density at radius 3 is 3.00 bits per heavy atom. The molecule has 0 aliphatic heterocycles. The Labute approximate surface area is 90.0 Å². The van der Waals surface area contributed by atoms with Crippen LogP contribution in [0.3, 0.4) is 0 Å². The molecule has 0 bridgehead atoms. The molecule has 0 spiro atoms. The molecular weight excluding hydrogens is 188 g/mol. The van der Waals surface area contributed by atoms with Crippen molar-refractivity contribution in [2.75, 3.05) is 0 Å². The molecule has 15 heavy (non-hydrogen) atoms. The van der Waals surface area contributed by atoms with Crippen LogP contribution in [0.15, 0.2) is 36.9 Å². The van der Waals surface area contributed by atoms with E-state index in [-0.39, 0.29) is 11.9 Å². The van der Waals surface area contributed by atoms with Gasteiger partial charge in [-0.15, -0.1) is 0 Å². The Morgan fingerprint density at radius 1 is 1.67 bits per heavy atom. The first-order chi connectivity index (χ1) is 7.17. The number of nitrogens with two attached hydrogens (primary N) is 1. The van der Waals surface area contributed by atoms with Crippen LogP contribution >= 0.6 is 0 Å². The van der Waals surface area contributed by atoms with E-state index < -0.39 is 0 Å². The molecule has 1 unspecified atom stereocenters. The minimum Gasteiger partial charge on any atom is -0.346 e. The molecule has 0 aromatic heterocycles. The van der Waals surface area contributed by atoms with E-state index in [1.54, 1.807) is 0 Å².